The number of amides is 1. The summed E-state index contributed by atoms with van der Waals surface area (Å²) in [5.41, 5.74) is 0.160. The van der Waals surface area contributed by atoms with Gasteiger partial charge in [0.15, 0.2) is 6.54 Å². The summed E-state index contributed by atoms with van der Waals surface area (Å²) < 4.78 is 19.2. The van der Waals surface area contributed by atoms with E-state index >= 15 is 0 Å². The molecule has 1 aromatic carbocycles. The van der Waals surface area contributed by atoms with Gasteiger partial charge in [-0.05, 0) is 32.0 Å². The van der Waals surface area contributed by atoms with Crippen molar-refractivity contribution in [3.05, 3.63) is 29.0 Å². The second-order valence-corrected chi connectivity index (χ2v) is 5.70. The van der Waals surface area contributed by atoms with Gasteiger partial charge in [0.25, 0.3) is 5.91 Å². The van der Waals surface area contributed by atoms with Gasteiger partial charge >= 0.3 is 0 Å². The summed E-state index contributed by atoms with van der Waals surface area (Å²) in [6, 6.07) is 4.20. The Morgan fingerprint density at radius 2 is 2.10 bits per heavy atom. The first-order valence-corrected chi connectivity index (χ1v) is 7.05. The molecule has 0 aromatic heterocycles. The lowest BCUT2D eigenvalue weighted by atomic mass is 10.2. The van der Waals surface area contributed by atoms with Crippen LogP contribution in [0.4, 0.5) is 10.1 Å². The van der Waals surface area contributed by atoms with Crippen LogP contribution in [0.3, 0.4) is 0 Å². The summed E-state index contributed by atoms with van der Waals surface area (Å²) in [5, 5.41) is 2.89. The zero-order chi connectivity index (χ0) is 14.7. The molecule has 1 aliphatic rings. The molecule has 2 rings (SSSR count). The molecule has 20 heavy (non-hydrogen) atoms. The Balaban J connectivity index is 1.92. The van der Waals surface area contributed by atoms with E-state index in [4.69, 9.17) is 16.3 Å². The topological polar surface area (TPSA) is 42.8 Å². The molecule has 6 heteroatoms. The van der Waals surface area contributed by atoms with E-state index in [0.717, 1.165) is 18.0 Å². The maximum atomic E-state index is 13.6. The monoisotopic (exact) mass is 301 g/mol. The second-order valence-electron chi connectivity index (χ2n) is 5.26. The molecular weight excluding hydrogens is 283 g/mol. The van der Waals surface area contributed by atoms with Crippen LogP contribution >= 0.6 is 11.6 Å². The highest BCUT2D eigenvalue weighted by atomic mass is 35.5. The molecule has 110 valence electrons. The first-order chi connectivity index (χ1) is 9.44. The van der Waals surface area contributed by atoms with Gasteiger partial charge in [0.2, 0.25) is 0 Å². The highest BCUT2D eigenvalue weighted by molar-refractivity contribution is 6.30. The van der Waals surface area contributed by atoms with Gasteiger partial charge in [-0.1, -0.05) is 11.6 Å². The van der Waals surface area contributed by atoms with E-state index in [1.165, 1.54) is 12.1 Å². The number of morpholine rings is 1. The molecule has 1 aromatic rings. The van der Waals surface area contributed by atoms with Crippen LogP contribution in [0.25, 0.3) is 0 Å². The summed E-state index contributed by atoms with van der Waals surface area (Å²) >= 11 is 5.67. The number of carbonyl (C=O) groups is 1. The number of hydrogen-bond acceptors (Lipinski definition) is 2. The fourth-order valence-corrected chi connectivity index (χ4v) is 2.70. The van der Waals surface area contributed by atoms with Gasteiger partial charge in [-0.15, -0.1) is 0 Å². The lowest BCUT2D eigenvalue weighted by Gasteiger charge is -2.31. The number of rotatable bonds is 3. The predicted molar refractivity (Wildman–Crippen MR) is 75.6 cm³/mol. The van der Waals surface area contributed by atoms with Crippen LogP contribution in [0, 0.1) is 5.82 Å². The Kier molecular flexibility index (Phi) is 4.96. The molecule has 0 bridgehead atoms. The standard InChI is InChI=1S/C14H18ClFN2O2/c1-9-6-18(7-10(2)20-9)8-14(19)17-13-4-3-11(15)5-12(13)16/h3-5,9-10H,6-8H2,1-2H3,(H,17,19)/p+1/t9-,10+. The van der Waals surface area contributed by atoms with E-state index in [2.05, 4.69) is 5.32 Å². The fraction of sp³-hybridized carbons (Fsp3) is 0.500. The number of ether oxygens (including phenoxy) is 1. The molecule has 0 spiro atoms. The number of nitrogens with one attached hydrogen (secondary N) is 2. The third-order valence-corrected chi connectivity index (χ3v) is 3.47. The second kappa shape index (κ2) is 6.52. The smallest absolute Gasteiger partial charge is 0.279 e. The summed E-state index contributed by atoms with van der Waals surface area (Å²) in [5.74, 6) is -0.730. The number of hydrogen-bond donors (Lipinski definition) is 2. The first-order valence-electron chi connectivity index (χ1n) is 6.68. The Labute approximate surface area is 122 Å². The van der Waals surface area contributed by atoms with Crippen LogP contribution < -0.4 is 10.2 Å². The van der Waals surface area contributed by atoms with E-state index < -0.39 is 5.82 Å². The minimum Gasteiger partial charge on any atom is -0.364 e. The van der Waals surface area contributed by atoms with Crippen molar-refractivity contribution in [3.63, 3.8) is 0 Å². The number of quaternary nitrogens is 1. The molecule has 0 saturated carbocycles. The maximum absolute atomic E-state index is 13.6. The maximum Gasteiger partial charge on any atom is 0.279 e. The van der Waals surface area contributed by atoms with E-state index in [0.29, 0.717) is 11.6 Å². The molecule has 3 atom stereocenters. The van der Waals surface area contributed by atoms with Gasteiger partial charge < -0.3 is 15.0 Å². The van der Waals surface area contributed by atoms with Crippen LogP contribution in [0.2, 0.25) is 5.02 Å². The minimum absolute atomic E-state index is 0.133. The Morgan fingerprint density at radius 3 is 2.70 bits per heavy atom. The molecule has 2 N–H and O–H groups in total. The molecule has 1 unspecified atom stereocenters. The predicted octanol–water partition coefficient (Wildman–Crippen LogP) is 1.11. The van der Waals surface area contributed by atoms with Crippen molar-refractivity contribution >= 4 is 23.2 Å². The van der Waals surface area contributed by atoms with Crippen LogP contribution in [0.5, 0.6) is 0 Å². The zero-order valence-electron chi connectivity index (χ0n) is 11.6. The van der Waals surface area contributed by atoms with E-state index in [1.807, 2.05) is 13.8 Å². The van der Waals surface area contributed by atoms with E-state index in [1.54, 1.807) is 6.07 Å². The average Bonchev–Trinajstić information content (AvgIpc) is 2.31. The van der Waals surface area contributed by atoms with Gasteiger partial charge in [-0.25, -0.2) is 4.39 Å². The first kappa shape index (κ1) is 15.2. The van der Waals surface area contributed by atoms with Gasteiger partial charge in [-0.2, -0.15) is 0 Å². The molecule has 1 heterocycles. The van der Waals surface area contributed by atoms with E-state index in [-0.39, 0.29) is 23.8 Å². The zero-order valence-corrected chi connectivity index (χ0v) is 12.3. The minimum atomic E-state index is -0.524. The molecule has 1 fully saturated rings. The molecule has 1 amide bonds. The third-order valence-electron chi connectivity index (χ3n) is 3.23. The summed E-state index contributed by atoms with van der Waals surface area (Å²) in [4.78, 5) is 13.1. The van der Waals surface area contributed by atoms with Crippen LogP contribution in [-0.4, -0.2) is 37.7 Å². The summed E-state index contributed by atoms with van der Waals surface area (Å²) in [6.45, 7) is 5.85. The van der Waals surface area contributed by atoms with Crippen molar-refractivity contribution in [2.75, 3.05) is 25.0 Å². The molecule has 0 aliphatic carbocycles. The fourth-order valence-electron chi connectivity index (χ4n) is 2.55. The summed E-state index contributed by atoms with van der Waals surface area (Å²) in [6.07, 6.45) is 0.266. The summed E-state index contributed by atoms with van der Waals surface area (Å²) in [7, 11) is 0. The molecular formula is C14H19ClFN2O2+. The number of halogens is 2. The molecule has 4 nitrogen and oxygen atoms in total. The largest absolute Gasteiger partial charge is 0.364 e. The average molecular weight is 302 g/mol. The Bertz CT molecular complexity index is 488. The third kappa shape index (κ3) is 4.16. The van der Waals surface area contributed by atoms with Crippen molar-refractivity contribution in [1.82, 2.24) is 0 Å². The van der Waals surface area contributed by atoms with Crippen molar-refractivity contribution in [2.45, 2.75) is 26.1 Å². The normalized spacial score (nSPS) is 26.3. The number of anilines is 1. The SMILES string of the molecule is C[C@@H]1C[NH+](CC(=O)Nc2ccc(Cl)cc2F)C[C@H](C)O1. The number of carbonyl (C=O) groups excluding carboxylic acids is 1. The lowest BCUT2D eigenvalue weighted by Crippen LogP contribution is -3.16. The quantitative estimate of drug-likeness (QED) is 0.878. The van der Waals surface area contributed by atoms with Gasteiger partial charge in [0, 0.05) is 5.02 Å². The van der Waals surface area contributed by atoms with Crippen molar-refractivity contribution in [3.8, 4) is 0 Å². The molecule has 0 radical (unpaired) electrons. The molecule has 1 aliphatic heterocycles. The van der Waals surface area contributed by atoms with Crippen molar-refractivity contribution in [2.24, 2.45) is 0 Å². The van der Waals surface area contributed by atoms with Crippen LogP contribution in [0.15, 0.2) is 18.2 Å². The van der Waals surface area contributed by atoms with Crippen molar-refractivity contribution < 1.29 is 18.8 Å². The van der Waals surface area contributed by atoms with Crippen LogP contribution in [-0.2, 0) is 9.53 Å². The van der Waals surface area contributed by atoms with Gasteiger partial charge in [0.1, 0.15) is 31.1 Å². The highest BCUT2D eigenvalue weighted by Gasteiger charge is 2.27. The Morgan fingerprint density at radius 1 is 1.45 bits per heavy atom. The Hall–Kier alpha value is -1.17. The number of benzene rings is 1. The van der Waals surface area contributed by atoms with Crippen LogP contribution in [0.1, 0.15) is 13.8 Å². The van der Waals surface area contributed by atoms with E-state index in [9.17, 15) is 9.18 Å². The van der Waals surface area contributed by atoms with Crippen molar-refractivity contribution in [1.29, 1.82) is 0 Å². The highest BCUT2D eigenvalue weighted by Crippen LogP contribution is 2.18. The van der Waals surface area contributed by atoms with Gasteiger partial charge in [0.05, 0.1) is 5.69 Å². The van der Waals surface area contributed by atoms with Gasteiger partial charge in [-0.3, -0.25) is 4.79 Å². The molecule has 1 saturated heterocycles. The lowest BCUT2D eigenvalue weighted by molar-refractivity contribution is -0.907.